The minimum absolute atomic E-state index is 0.0742. The van der Waals surface area contributed by atoms with Crippen LogP contribution in [0.2, 0.25) is 0 Å². The standard InChI is InChI=1S/C28H36N2O12/c1-16(33)39-27-25(37)23(15-32)42-28(26(27)38)41-21(12-29-10-17-2-6-19(34)7-3-17)22(14-31)40-24(36)13-30-11-18-4-8-20(35)9-5-18/h2-9,12-13,21-28,31-32,34-38H,10-11,14-15H2,1H3/t21-,22-,23+,24-,25-,26+,27-,28+/m0/s1. The number of rotatable bonds is 14. The first-order valence-electron chi connectivity index (χ1n) is 13.1. The molecule has 2 aromatic rings. The molecular weight excluding hydrogens is 556 g/mol. The molecule has 0 saturated carbocycles. The molecule has 0 bridgehead atoms. The van der Waals surface area contributed by atoms with E-state index in [1.807, 2.05) is 0 Å². The molecule has 0 unspecified atom stereocenters. The normalized spacial score (nSPS) is 25.0. The van der Waals surface area contributed by atoms with Gasteiger partial charge in [0.15, 0.2) is 18.7 Å². The van der Waals surface area contributed by atoms with E-state index >= 15 is 0 Å². The monoisotopic (exact) mass is 592 g/mol. The summed E-state index contributed by atoms with van der Waals surface area (Å²) in [5, 5.41) is 70.2. The van der Waals surface area contributed by atoms with Gasteiger partial charge in [-0.3, -0.25) is 14.8 Å². The van der Waals surface area contributed by atoms with E-state index in [1.54, 1.807) is 24.3 Å². The third kappa shape index (κ3) is 9.82. The van der Waals surface area contributed by atoms with Gasteiger partial charge in [0.25, 0.3) is 0 Å². The van der Waals surface area contributed by atoms with Crippen LogP contribution < -0.4 is 0 Å². The Kier molecular flexibility index (Phi) is 12.8. The molecule has 0 amide bonds. The Morgan fingerprint density at radius 2 is 1.48 bits per heavy atom. The van der Waals surface area contributed by atoms with Crippen LogP contribution in [0.15, 0.2) is 58.5 Å². The number of carbonyl (C=O) groups excluding carboxylic acids is 1. The molecule has 0 radical (unpaired) electrons. The number of phenols is 2. The van der Waals surface area contributed by atoms with Crippen LogP contribution in [0.1, 0.15) is 18.1 Å². The zero-order valence-electron chi connectivity index (χ0n) is 22.8. The Labute approximate surface area is 241 Å². The number of aliphatic hydroxyl groups is 5. The number of phenolic OH excluding ortho intramolecular Hbond substituents is 2. The van der Waals surface area contributed by atoms with E-state index in [4.69, 9.17) is 18.9 Å². The minimum atomic E-state index is -1.71. The lowest BCUT2D eigenvalue weighted by Crippen LogP contribution is -2.61. The molecule has 2 aromatic carbocycles. The van der Waals surface area contributed by atoms with Gasteiger partial charge in [-0.25, -0.2) is 0 Å². The number of aliphatic imine (C=N–C) groups is 2. The number of ether oxygens (including phenoxy) is 4. The molecule has 1 heterocycles. The van der Waals surface area contributed by atoms with Crippen LogP contribution in [-0.2, 0) is 36.8 Å². The van der Waals surface area contributed by atoms with Gasteiger partial charge in [-0.2, -0.15) is 0 Å². The van der Waals surface area contributed by atoms with E-state index in [-0.39, 0.29) is 24.6 Å². The van der Waals surface area contributed by atoms with Crippen LogP contribution >= 0.6 is 0 Å². The topological polar surface area (TPSA) is 220 Å². The number of nitrogens with zero attached hydrogens (tertiary/aromatic N) is 2. The summed E-state index contributed by atoms with van der Waals surface area (Å²) in [7, 11) is 0. The van der Waals surface area contributed by atoms with Gasteiger partial charge in [-0.1, -0.05) is 24.3 Å². The lowest BCUT2D eigenvalue weighted by molar-refractivity contribution is -0.315. The molecule has 0 spiro atoms. The van der Waals surface area contributed by atoms with Crippen molar-refractivity contribution in [1.82, 2.24) is 0 Å². The SMILES string of the molecule is CC(=O)O[C@H]1[C@@H](O)[C@@H](CO)O[C@@H](O[C@@H](C=NCc2ccc(O)cc2)[C@H](CO)O[C@H](O)C=NCc2ccc(O)cc2)[C@@H]1O. The summed E-state index contributed by atoms with van der Waals surface area (Å²) in [6.07, 6.45) is -9.46. The first kappa shape index (κ1) is 33.0. The summed E-state index contributed by atoms with van der Waals surface area (Å²) in [4.78, 5) is 19.9. The number of aliphatic hydroxyl groups excluding tert-OH is 5. The van der Waals surface area contributed by atoms with Crippen molar-refractivity contribution in [1.29, 1.82) is 0 Å². The van der Waals surface area contributed by atoms with Crippen LogP contribution in [0, 0.1) is 0 Å². The summed E-state index contributed by atoms with van der Waals surface area (Å²) in [5.41, 5.74) is 1.47. The molecule has 1 fully saturated rings. The number of aromatic hydroxyl groups is 2. The average molecular weight is 593 g/mol. The highest BCUT2D eigenvalue weighted by atomic mass is 16.7. The number of carbonyl (C=O) groups is 1. The fraction of sp³-hybridized carbons (Fsp3) is 0.464. The Bertz CT molecular complexity index is 1160. The molecule has 7 N–H and O–H groups in total. The van der Waals surface area contributed by atoms with Crippen molar-refractivity contribution >= 4 is 18.4 Å². The van der Waals surface area contributed by atoms with Crippen molar-refractivity contribution in [2.24, 2.45) is 9.98 Å². The lowest BCUT2D eigenvalue weighted by Gasteiger charge is -2.42. The summed E-state index contributed by atoms with van der Waals surface area (Å²) >= 11 is 0. The van der Waals surface area contributed by atoms with Crippen molar-refractivity contribution in [3.05, 3.63) is 59.7 Å². The Morgan fingerprint density at radius 3 is 1.98 bits per heavy atom. The van der Waals surface area contributed by atoms with Crippen LogP contribution in [0.5, 0.6) is 11.5 Å². The van der Waals surface area contributed by atoms with Crippen LogP contribution in [0.4, 0.5) is 0 Å². The van der Waals surface area contributed by atoms with E-state index in [1.165, 1.54) is 30.5 Å². The van der Waals surface area contributed by atoms with Crippen LogP contribution in [0.25, 0.3) is 0 Å². The van der Waals surface area contributed by atoms with E-state index in [0.29, 0.717) is 0 Å². The first-order chi connectivity index (χ1) is 20.1. The maximum Gasteiger partial charge on any atom is 0.303 e. The highest BCUT2D eigenvalue weighted by Crippen LogP contribution is 2.26. The van der Waals surface area contributed by atoms with Crippen LogP contribution in [0.3, 0.4) is 0 Å². The lowest BCUT2D eigenvalue weighted by atomic mass is 9.99. The minimum Gasteiger partial charge on any atom is -0.508 e. The van der Waals surface area contributed by atoms with E-state index in [0.717, 1.165) is 24.3 Å². The van der Waals surface area contributed by atoms with Crippen molar-refractivity contribution in [3.63, 3.8) is 0 Å². The van der Waals surface area contributed by atoms with E-state index in [2.05, 4.69) is 9.98 Å². The highest BCUT2D eigenvalue weighted by Gasteiger charge is 2.48. The van der Waals surface area contributed by atoms with Crippen molar-refractivity contribution in [2.45, 2.75) is 69.2 Å². The van der Waals surface area contributed by atoms with E-state index in [9.17, 15) is 40.5 Å². The van der Waals surface area contributed by atoms with Gasteiger partial charge in [0.2, 0.25) is 0 Å². The molecule has 230 valence electrons. The number of hydrogen-bond donors (Lipinski definition) is 7. The molecule has 8 atom stereocenters. The Balaban J connectivity index is 1.77. The van der Waals surface area contributed by atoms with Gasteiger partial charge in [0, 0.05) is 13.1 Å². The molecule has 0 aromatic heterocycles. The van der Waals surface area contributed by atoms with Gasteiger partial charge in [0.1, 0.15) is 42.0 Å². The van der Waals surface area contributed by atoms with Gasteiger partial charge < -0.3 is 54.7 Å². The quantitative estimate of drug-likeness (QED) is 0.0830. The highest BCUT2D eigenvalue weighted by molar-refractivity contribution is 5.66. The summed E-state index contributed by atoms with van der Waals surface area (Å²) in [5.74, 6) is -0.625. The zero-order valence-corrected chi connectivity index (χ0v) is 22.8. The fourth-order valence-electron chi connectivity index (χ4n) is 4.02. The third-order valence-electron chi connectivity index (χ3n) is 6.18. The molecule has 3 rings (SSSR count). The third-order valence-corrected chi connectivity index (χ3v) is 6.18. The largest absolute Gasteiger partial charge is 0.508 e. The molecule has 1 aliphatic heterocycles. The predicted molar refractivity (Wildman–Crippen MR) is 147 cm³/mol. The van der Waals surface area contributed by atoms with Crippen molar-refractivity contribution in [2.75, 3.05) is 13.2 Å². The molecule has 0 aliphatic carbocycles. The molecule has 1 aliphatic rings. The second-order valence-electron chi connectivity index (χ2n) is 9.44. The average Bonchev–Trinajstić information content (AvgIpc) is 2.96. The Morgan fingerprint density at radius 1 is 0.929 bits per heavy atom. The first-order valence-corrected chi connectivity index (χ1v) is 13.1. The summed E-state index contributed by atoms with van der Waals surface area (Å²) in [6, 6.07) is 12.5. The molecular formula is C28H36N2O12. The van der Waals surface area contributed by atoms with Crippen molar-refractivity contribution < 1.29 is 59.5 Å². The maximum absolute atomic E-state index is 11.6. The van der Waals surface area contributed by atoms with Gasteiger partial charge in [-0.15, -0.1) is 0 Å². The van der Waals surface area contributed by atoms with E-state index < -0.39 is 68.4 Å². The number of esters is 1. The Hall–Kier alpha value is -3.47. The molecule has 42 heavy (non-hydrogen) atoms. The second kappa shape index (κ2) is 16.2. The molecule has 14 nitrogen and oxygen atoms in total. The second-order valence-corrected chi connectivity index (χ2v) is 9.44. The van der Waals surface area contributed by atoms with Gasteiger partial charge in [-0.05, 0) is 35.4 Å². The van der Waals surface area contributed by atoms with Crippen LogP contribution in [-0.4, -0.2) is 117 Å². The maximum atomic E-state index is 11.6. The summed E-state index contributed by atoms with van der Waals surface area (Å²) in [6.45, 7) is -0.0138. The van der Waals surface area contributed by atoms with Gasteiger partial charge in [0.05, 0.1) is 32.5 Å². The molecule has 1 saturated heterocycles. The predicted octanol–water partition coefficient (Wildman–Crippen LogP) is -0.609. The van der Waals surface area contributed by atoms with Gasteiger partial charge >= 0.3 is 5.97 Å². The smallest absolute Gasteiger partial charge is 0.303 e. The fourth-order valence-corrected chi connectivity index (χ4v) is 4.02. The summed E-state index contributed by atoms with van der Waals surface area (Å²) < 4.78 is 21.9. The number of benzene rings is 2. The molecule has 14 heteroatoms. The zero-order chi connectivity index (χ0) is 30.6. The number of hydrogen-bond acceptors (Lipinski definition) is 14. The van der Waals surface area contributed by atoms with Crippen molar-refractivity contribution in [3.8, 4) is 11.5 Å².